The number of carbonyl (C=O) groups excluding carboxylic acids is 3. The van der Waals surface area contributed by atoms with Crippen LogP contribution >= 0.6 is 0 Å². The van der Waals surface area contributed by atoms with Crippen molar-refractivity contribution in [1.29, 1.82) is 0 Å². The van der Waals surface area contributed by atoms with Crippen molar-refractivity contribution in [3.63, 3.8) is 0 Å². The predicted octanol–water partition coefficient (Wildman–Crippen LogP) is 3.39. The lowest BCUT2D eigenvalue weighted by Crippen LogP contribution is -2.57. The lowest BCUT2D eigenvalue weighted by atomic mass is 9.99. The fraction of sp³-hybridized carbons (Fsp3) is 0.375. The first-order valence-corrected chi connectivity index (χ1v) is 10.3. The van der Waals surface area contributed by atoms with Gasteiger partial charge >= 0.3 is 0 Å². The Morgan fingerprint density at radius 2 is 1.70 bits per heavy atom. The molecule has 2 unspecified atom stereocenters. The van der Waals surface area contributed by atoms with Gasteiger partial charge in [0.15, 0.2) is 0 Å². The molecule has 1 aliphatic heterocycles. The van der Waals surface area contributed by atoms with Gasteiger partial charge in [0.1, 0.15) is 12.1 Å². The van der Waals surface area contributed by atoms with Crippen LogP contribution in [-0.2, 0) is 16.0 Å². The Morgan fingerprint density at radius 3 is 2.37 bits per heavy atom. The molecule has 0 spiro atoms. The van der Waals surface area contributed by atoms with Gasteiger partial charge < -0.3 is 15.5 Å². The molecule has 0 radical (unpaired) electrons. The summed E-state index contributed by atoms with van der Waals surface area (Å²) in [6.45, 7) is 7.36. The van der Waals surface area contributed by atoms with Crippen LogP contribution in [0.4, 0.5) is 5.69 Å². The van der Waals surface area contributed by atoms with Crippen LogP contribution in [-0.4, -0.2) is 40.2 Å². The molecular formula is C24H29N3O3. The molecule has 6 heteroatoms. The van der Waals surface area contributed by atoms with E-state index in [0.717, 1.165) is 5.56 Å². The van der Waals surface area contributed by atoms with Crippen molar-refractivity contribution in [3.05, 3.63) is 65.7 Å². The number of nitrogens with one attached hydrogen (secondary N) is 2. The largest absolute Gasteiger partial charge is 0.350 e. The number of rotatable bonds is 5. The summed E-state index contributed by atoms with van der Waals surface area (Å²) in [5, 5.41) is 5.80. The number of hydrogen-bond acceptors (Lipinski definition) is 3. The summed E-state index contributed by atoms with van der Waals surface area (Å²) < 4.78 is 0. The van der Waals surface area contributed by atoms with E-state index < -0.39 is 17.6 Å². The van der Waals surface area contributed by atoms with Gasteiger partial charge in [0, 0.05) is 5.54 Å². The predicted molar refractivity (Wildman–Crippen MR) is 117 cm³/mol. The molecule has 0 aliphatic carbocycles. The minimum absolute atomic E-state index is 0.259. The van der Waals surface area contributed by atoms with Gasteiger partial charge in [0.05, 0.1) is 11.3 Å². The van der Waals surface area contributed by atoms with Crippen LogP contribution in [0.5, 0.6) is 0 Å². The molecule has 0 fully saturated rings. The molecule has 3 amide bonds. The first-order chi connectivity index (χ1) is 14.2. The third-order valence-corrected chi connectivity index (χ3v) is 5.13. The fourth-order valence-corrected chi connectivity index (χ4v) is 3.67. The molecule has 0 saturated carbocycles. The number of benzene rings is 2. The molecule has 2 aromatic rings. The second-order valence-electron chi connectivity index (χ2n) is 8.70. The molecule has 1 aliphatic rings. The average molecular weight is 408 g/mol. The van der Waals surface area contributed by atoms with Crippen molar-refractivity contribution in [2.45, 2.75) is 58.2 Å². The number of aryl methyl sites for hydroxylation is 1. The van der Waals surface area contributed by atoms with Crippen LogP contribution in [0.3, 0.4) is 0 Å². The zero-order chi connectivity index (χ0) is 21.9. The van der Waals surface area contributed by atoms with Crippen molar-refractivity contribution in [2.24, 2.45) is 0 Å². The van der Waals surface area contributed by atoms with E-state index in [-0.39, 0.29) is 17.7 Å². The van der Waals surface area contributed by atoms with Crippen LogP contribution in [0, 0.1) is 0 Å². The Balaban J connectivity index is 1.98. The van der Waals surface area contributed by atoms with Gasteiger partial charge in [-0.05, 0) is 58.2 Å². The fourth-order valence-electron chi connectivity index (χ4n) is 3.67. The third kappa shape index (κ3) is 4.87. The SMILES string of the molecule is CC1C(=O)Nc2ccccc2C(=O)N1C(CCc1ccccc1)C(=O)NC(C)(C)C. The van der Waals surface area contributed by atoms with Gasteiger partial charge in [-0.2, -0.15) is 0 Å². The maximum atomic E-state index is 13.5. The molecule has 2 aromatic carbocycles. The highest BCUT2D eigenvalue weighted by Gasteiger charge is 2.40. The summed E-state index contributed by atoms with van der Waals surface area (Å²) in [7, 11) is 0. The van der Waals surface area contributed by atoms with E-state index >= 15 is 0 Å². The minimum atomic E-state index is -0.781. The number of fused-ring (bicyclic) bond motifs is 1. The van der Waals surface area contributed by atoms with E-state index in [1.165, 1.54) is 4.90 Å². The van der Waals surface area contributed by atoms with Crippen molar-refractivity contribution in [3.8, 4) is 0 Å². The quantitative estimate of drug-likeness (QED) is 0.798. The van der Waals surface area contributed by atoms with Gasteiger partial charge in [-0.1, -0.05) is 42.5 Å². The molecule has 30 heavy (non-hydrogen) atoms. The summed E-state index contributed by atoms with van der Waals surface area (Å²) >= 11 is 0. The second kappa shape index (κ2) is 8.69. The molecule has 0 saturated heterocycles. The number of carbonyl (C=O) groups is 3. The average Bonchev–Trinajstić information content (AvgIpc) is 2.78. The first kappa shape index (κ1) is 21.6. The maximum Gasteiger partial charge on any atom is 0.257 e. The standard InChI is InChI=1S/C24H29N3O3/c1-16-21(28)25-19-13-9-8-12-18(19)23(30)27(16)20(22(29)26-24(2,3)4)15-14-17-10-6-5-7-11-17/h5-13,16,20H,14-15H2,1-4H3,(H,25,28)(H,26,29). The highest BCUT2D eigenvalue weighted by atomic mass is 16.2. The highest BCUT2D eigenvalue weighted by molar-refractivity contribution is 6.11. The number of nitrogens with zero attached hydrogens (tertiary/aromatic N) is 1. The zero-order valence-electron chi connectivity index (χ0n) is 17.9. The maximum absolute atomic E-state index is 13.5. The molecule has 2 N–H and O–H groups in total. The van der Waals surface area contributed by atoms with Gasteiger partial charge in [-0.25, -0.2) is 0 Å². The summed E-state index contributed by atoms with van der Waals surface area (Å²) in [5.41, 5.74) is 1.48. The van der Waals surface area contributed by atoms with E-state index in [2.05, 4.69) is 10.6 Å². The third-order valence-electron chi connectivity index (χ3n) is 5.13. The van der Waals surface area contributed by atoms with Crippen molar-refractivity contribution in [1.82, 2.24) is 10.2 Å². The molecule has 2 atom stereocenters. The van der Waals surface area contributed by atoms with Crippen molar-refractivity contribution in [2.75, 3.05) is 5.32 Å². The van der Waals surface area contributed by atoms with Crippen LogP contribution in [0.15, 0.2) is 54.6 Å². The Hall–Kier alpha value is -3.15. The molecule has 0 aromatic heterocycles. The van der Waals surface area contributed by atoms with Crippen molar-refractivity contribution >= 4 is 23.4 Å². The van der Waals surface area contributed by atoms with Gasteiger partial charge in [0.2, 0.25) is 11.8 Å². The van der Waals surface area contributed by atoms with Crippen LogP contribution in [0.2, 0.25) is 0 Å². The number of amides is 3. The number of para-hydroxylation sites is 1. The Kier molecular flexibility index (Phi) is 6.25. The Morgan fingerprint density at radius 1 is 1.07 bits per heavy atom. The number of anilines is 1. The Bertz CT molecular complexity index is 934. The Labute approximate surface area is 177 Å². The lowest BCUT2D eigenvalue weighted by Gasteiger charge is -2.35. The van der Waals surface area contributed by atoms with E-state index in [1.807, 2.05) is 51.1 Å². The summed E-state index contributed by atoms with van der Waals surface area (Å²) in [6, 6.07) is 15.2. The molecular weight excluding hydrogens is 378 g/mol. The molecule has 0 bridgehead atoms. The lowest BCUT2D eigenvalue weighted by molar-refractivity contribution is -0.129. The molecule has 3 rings (SSSR count). The highest BCUT2D eigenvalue weighted by Crippen LogP contribution is 2.26. The summed E-state index contributed by atoms with van der Waals surface area (Å²) in [4.78, 5) is 41.0. The van der Waals surface area contributed by atoms with E-state index in [1.54, 1.807) is 31.2 Å². The van der Waals surface area contributed by atoms with E-state index in [4.69, 9.17) is 0 Å². The van der Waals surface area contributed by atoms with Crippen LogP contribution in [0.25, 0.3) is 0 Å². The second-order valence-corrected chi connectivity index (χ2v) is 8.70. The smallest absolute Gasteiger partial charge is 0.257 e. The van der Waals surface area contributed by atoms with E-state index in [0.29, 0.717) is 24.1 Å². The zero-order valence-corrected chi connectivity index (χ0v) is 17.9. The van der Waals surface area contributed by atoms with Crippen LogP contribution in [0.1, 0.15) is 50.0 Å². The monoisotopic (exact) mass is 407 g/mol. The minimum Gasteiger partial charge on any atom is -0.350 e. The van der Waals surface area contributed by atoms with Gasteiger partial charge in [0.25, 0.3) is 5.91 Å². The topological polar surface area (TPSA) is 78.5 Å². The van der Waals surface area contributed by atoms with E-state index in [9.17, 15) is 14.4 Å². The van der Waals surface area contributed by atoms with Gasteiger partial charge in [-0.15, -0.1) is 0 Å². The normalized spacial score (nSPS) is 17.6. The van der Waals surface area contributed by atoms with Crippen molar-refractivity contribution < 1.29 is 14.4 Å². The number of hydrogen-bond donors (Lipinski definition) is 2. The first-order valence-electron chi connectivity index (χ1n) is 10.3. The summed E-state index contributed by atoms with van der Waals surface area (Å²) in [6.07, 6.45) is 1.03. The molecule has 1 heterocycles. The van der Waals surface area contributed by atoms with Crippen LogP contribution < -0.4 is 10.6 Å². The molecule has 158 valence electrons. The summed E-state index contributed by atoms with van der Waals surface area (Å²) in [5.74, 6) is -0.883. The van der Waals surface area contributed by atoms with Gasteiger partial charge in [-0.3, -0.25) is 14.4 Å². The molecule has 6 nitrogen and oxygen atoms in total.